The first-order valence-electron chi connectivity index (χ1n) is 5.30. The number of halogens is 1. The molecule has 1 aromatic carbocycles. The number of hydrogen-bond acceptors (Lipinski definition) is 4. The van der Waals surface area contributed by atoms with Crippen LogP contribution in [0.4, 0.5) is 0 Å². The number of sulfonamides is 1. The second-order valence-electron chi connectivity index (χ2n) is 3.78. The Morgan fingerprint density at radius 1 is 1.53 bits per heavy atom. The lowest BCUT2D eigenvalue weighted by atomic mass is 10.2. The molecule has 0 aliphatic carbocycles. The van der Waals surface area contributed by atoms with Crippen molar-refractivity contribution >= 4 is 27.6 Å². The normalized spacial score (nSPS) is 13.2. The highest BCUT2D eigenvalue weighted by atomic mass is 35.5. The molecule has 0 saturated carbocycles. The van der Waals surface area contributed by atoms with E-state index in [4.69, 9.17) is 16.7 Å². The Morgan fingerprint density at radius 2 is 2.16 bits per heavy atom. The zero-order valence-electron chi connectivity index (χ0n) is 10.4. The zero-order valence-corrected chi connectivity index (χ0v) is 12.0. The third-order valence-corrected chi connectivity index (χ3v) is 4.50. The molecule has 0 aliphatic rings. The summed E-state index contributed by atoms with van der Waals surface area (Å²) in [6, 6.07) is 4.48. The number of carboxylic acid groups (broad SMARTS) is 1. The van der Waals surface area contributed by atoms with Crippen molar-refractivity contribution in [1.82, 2.24) is 4.72 Å². The van der Waals surface area contributed by atoms with Gasteiger partial charge in [-0.1, -0.05) is 17.7 Å². The van der Waals surface area contributed by atoms with Crippen LogP contribution >= 0.6 is 11.6 Å². The van der Waals surface area contributed by atoms with E-state index in [0.29, 0.717) is 10.6 Å². The minimum absolute atomic E-state index is 0.0141. The fourth-order valence-corrected chi connectivity index (χ4v) is 2.94. The van der Waals surface area contributed by atoms with Gasteiger partial charge in [0.1, 0.15) is 0 Å². The average Bonchev–Trinajstić information content (AvgIpc) is 2.32. The van der Waals surface area contributed by atoms with Crippen LogP contribution < -0.4 is 4.72 Å². The first-order chi connectivity index (χ1) is 8.79. The molecule has 2 N–H and O–H groups in total. The molecule has 106 valence electrons. The molecule has 1 rings (SSSR count). The van der Waals surface area contributed by atoms with Crippen LogP contribution in [0.3, 0.4) is 0 Å². The zero-order chi connectivity index (χ0) is 14.6. The van der Waals surface area contributed by atoms with Gasteiger partial charge in [0.15, 0.2) is 6.10 Å². The predicted octanol–water partition coefficient (Wildman–Crippen LogP) is 1.03. The van der Waals surface area contributed by atoms with Crippen LogP contribution in [0.15, 0.2) is 23.1 Å². The van der Waals surface area contributed by atoms with Crippen molar-refractivity contribution in [3.05, 3.63) is 28.8 Å². The van der Waals surface area contributed by atoms with Gasteiger partial charge in [0.05, 0.1) is 4.90 Å². The van der Waals surface area contributed by atoms with Crippen LogP contribution in [0.25, 0.3) is 0 Å². The summed E-state index contributed by atoms with van der Waals surface area (Å²) in [5.41, 5.74) is 0.404. The van der Waals surface area contributed by atoms with Crippen molar-refractivity contribution in [3.8, 4) is 0 Å². The fraction of sp³-hybridized carbons (Fsp3) is 0.364. The summed E-state index contributed by atoms with van der Waals surface area (Å²) in [7, 11) is -2.64. The highest BCUT2D eigenvalue weighted by molar-refractivity contribution is 7.89. The van der Waals surface area contributed by atoms with Gasteiger partial charge in [-0.05, 0) is 24.6 Å². The number of carbonyl (C=O) groups is 1. The highest BCUT2D eigenvalue weighted by Crippen LogP contribution is 2.22. The molecule has 0 fully saturated rings. The average molecular weight is 308 g/mol. The summed E-state index contributed by atoms with van der Waals surface area (Å²) in [5.74, 6) is -1.24. The molecule has 8 heteroatoms. The van der Waals surface area contributed by atoms with E-state index >= 15 is 0 Å². The van der Waals surface area contributed by atoms with E-state index in [1.54, 1.807) is 13.0 Å². The minimum Gasteiger partial charge on any atom is -0.479 e. The van der Waals surface area contributed by atoms with Crippen LogP contribution in [0.5, 0.6) is 0 Å². The minimum atomic E-state index is -3.83. The standard InChI is InChI=1S/C11H14ClNO5S/c1-7-8(12)4-3-5-10(7)19(16,17)13-6-9(18-2)11(14)15/h3-5,9,13H,6H2,1-2H3,(H,14,15). The largest absolute Gasteiger partial charge is 0.479 e. The smallest absolute Gasteiger partial charge is 0.334 e. The van der Waals surface area contributed by atoms with Gasteiger partial charge in [-0.15, -0.1) is 0 Å². The molecular formula is C11H14ClNO5S. The Labute approximate surface area is 116 Å². The molecule has 0 bridgehead atoms. The molecule has 1 atom stereocenters. The lowest BCUT2D eigenvalue weighted by molar-refractivity contribution is -0.147. The Balaban J connectivity index is 2.93. The molecule has 0 heterocycles. The van der Waals surface area contributed by atoms with Crippen molar-refractivity contribution in [2.24, 2.45) is 0 Å². The Kier molecular flexibility index (Phi) is 5.30. The first kappa shape index (κ1) is 15.9. The summed E-state index contributed by atoms with van der Waals surface area (Å²) in [6.45, 7) is 1.21. The number of ether oxygens (including phenoxy) is 1. The molecule has 1 unspecified atom stereocenters. The molecule has 0 spiro atoms. The summed E-state index contributed by atoms with van der Waals surface area (Å²) in [5, 5.41) is 9.08. The van der Waals surface area contributed by atoms with Gasteiger partial charge in [-0.3, -0.25) is 0 Å². The molecule has 0 aliphatic heterocycles. The number of hydrogen-bond donors (Lipinski definition) is 2. The second-order valence-corrected chi connectivity index (χ2v) is 5.92. The highest BCUT2D eigenvalue weighted by Gasteiger charge is 2.22. The van der Waals surface area contributed by atoms with Crippen LogP contribution in [0.2, 0.25) is 5.02 Å². The number of aliphatic carboxylic acids is 1. The van der Waals surface area contributed by atoms with Gasteiger partial charge in [0, 0.05) is 18.7 Å². The van der Waals surface area contributed by atoms with E-state index in [1.165, 1.54) is 19.2 Å². The molecule has 19 heavy (non-hydrogen) atoms. The SMILES string of the molecule is COC(CNS(=O)(=O)c1cccc(Cl)c1C)C(=O)O. The van der Waals surface area contributed by atoms with E-state index < -0.39 is 22.1 Å². The van der Waals surface area contributed by atoms with E-state index in [1.807, 2.05) is 0 Å². The van der Waals surface area contributed by atoms with Crippen LogP contribution in [0, 0.1) is 6.92 Å². The van der Waals surface area contributed by atoms with Crippen LogP contribution in [-0.2, 0) is 19.6 Å². The maximum Gasteiger partial charge on any atom is 0.334 e. The molecular weight excluding hydrogens is 294 g/mol. The van der Waals surface area contributed by atoms with Crippen molar-refractivity contribution in [2.45, 2.75) is 17.9 Å². The summed E-state index contributed by atoms with van der Waals surface area (Å²) >= 11 is 5.85. The van der Waals surface area contributed by atoms with Crippen molar-refractivity contribution in [1.29, 1.82) is 0 Å². The molecule has 0 amide bonds. The van der Waals surface area contributed by atoms with Crippen LogP contribution in [0.1, 0.15) is 5.56 Å². The number of nitrogens with one attached hydrogen (secondary N) is 1. The van der Waals surface area contributed by atoms with Crippen molar-refractivity contribution in [3.63, 3.8) is 0 Å². The number of carboxylic acids is 1. The Hall–Kier alpha value is -1.15. The monoisotopic (exact) mass is 307 g/mol. The molecule has 6 nitrogen and oxygen atoms in total. The molecule has 0 aromatic heterocycles. The maximum atomic E-state index is 12.0. The van der Waals surface area contributed by atoms with Gasteiger partial charge >= 0.3 is 5.97 Å². The number of benzene rings is 1. The summed E-state index contributed by atoms with van der Waals surface area (Å²) in [4.78, 5) is 10.7. The predicted molar refractivity (Wildman–Crippen MR) is 69.8 cm³/mol. The lowest BCUT2D eigenvalue weighted by Gasteiger charge is -2.13. The Bertz CT molecular complexity index is 572. The summed E-state index contributed by atoms with van der Waals surface area (Å²) in [6.07, 6.45) is -1.24. The van der Waals surface area contributed by atoms with Gasteiger partial charge in [-0.25, -0.2) is 17.9 Å². The van der Waals surface area contributed by atoms with Gasteiger partial charge in [0.25, 0.3) is 0 Å². The fourth-order valence-electron chi connectivity index (χ4n) is 1.41. The number of methoxy groups -OCH3 is 1. The molecule has 0 saturated heterocycles. The van der Waals surface area contributed by atoms with E-state index in [0.717, 1.165) is 0 Å². The van der Waals surface area contributed by atoms with Gasteiger partial charge in [-0.2, -0.15) is 0 Å². The molecule has 1 aromatic rings. The van der Waals surface area contributed by atoms with Crippen molar-refractivity contribution < 1.29 is 23.1 Å². The maximum absolute atomic E-state index is 12.0. The van der Waals surface area contributed by atoms with Crippen molar-refractivity contribution in [2.75, 3.05) is 13.7 Å². The quantitative estimate of drug-likeness (QED) is 0.818. The van der Waals surface area contributed by atoms with E-state index in [2.05, 4.69) is 9.46 Å². The topological polar surface area (TPSA) is 92.7 Å². The third kappa shape index (κ3) is 3.90. The summed E-state index contributed by atoms with van der Waals surface area (Å²) < 4.78 is 30.9. The Morgan fingerprint density at radius 3 is 2.68 bits per heavy atom. The first-order valence-corrected chi connectivity index (χ1v) is 7.16. The lowest BCUT2D eigenvalue weighted by Crippen LogP contribution is -2.38. The third-order valence-electron chi connectivity index (χ3n) is 2.53. The number of rotatable bonds is 6. The van der Waals surface area contributed by atoms with Gasteiger partial charge in [0.2, 0.25) is 10.0 Å². The van der Waals surface area contributed by atoms with Gasteiger partial charge < -0.3 is 9.84 Å². The second kappa shape index (κ2) is 6.33. The van der Waals surface area contributed by atoms with Crippen LogP contribution in [-0.4, -0.2) is 39.3 Å². The van der Waals surface area contributed by atoms with E-state index in [-0.39, 0.29) is 11.4 Å². The molecule has 0 radical (unpaired) electrons. The van der Waals surface area contributed by atoms with E-state index in [9.17, 15) is 13.2 Å².